The highest BCUT2D eigenvalue weighted by molar-refractivity contribution is 8.18. The lowest BCUT2D eigenvalue weighted by molar-refractivity contribution is -0.116. The summed E-state index contributed by atoms with van der Waals surface area (Å²) < 4.78 is 0. The highest BCUT2D eigenvalue weighted by atomic mass is 32.2. The monoisotopic (exact) mass is 330 g/mol. The van der Waals surface area contributed by atoms with Gasteiger partial charge < -0.3 is 4.90 Å². The first-order valence-electron chi connectivity index (χ1n) is 7.82. The van der Waals surface area contributed by atoms with Crippen LogP contribution in [-0.2, 0) is 9.59 Å². The Balaban J connectivity index is 1.94. The molecule has 2 aliphatic heterocycles. The molecular weight excluding hydrogens is 312 g/mol. The third-order valence-corrected chi connectivity index (χ3v) is 4.88. The maximum atomic E-state index is 12.8. The molecule has 1 fully saturated rings. The number of thioether (sulfide) groups is 1. The average Bonchev–Trinajstić information content (AvgIpc) is 3.00. The number of benzene rings is 1. The van der Waals surface area contributed by atoms with Gasteiger partial charge in [0.1, 0.15) is 0 Å². The summed E-state index contributed by atoms with van der Waals surface area (Å²) in [5, 5.41) is 1.80. The van der Waals surface area contributed by atoms with Crippen LogP contribution in [0.2, 0.25) is 0 Å². The minimum atomic E-state index is -0.481. The van der Waals surface area contributed by atoms with Gasteiger partial charge in [0.2, 0.25) is 0 Å². The molecule has 23 heavy (non-hydrogen) atoms. The van der Waals surface area contributed by atoms with Crippen LogP contribution in [0.1, 0.15) is 38.2 Å². The molecule has 5 nitrogen and oxygen atoms in total. The number of hydrogen-bond acceptors (Lipinski definition) is 4. The Hall–Kier alpha value is -2.08. The number of nitrogens with one attached hydrogen (secondary N) is 1. The first-order chi connectivity index (χ1) is 11.1. The highest BCUT2D eigenvalue weighted by Crippen LogP contribution is 2.42. The smallest absolute Gasteiger partial charge is 0.290 e. The molecule has 0 atom stereocenters. The number of unbranched alkanes of at least 4 members (excludes halogenated alkanes) is 3. The Bertz CT molecular complexity index is 712. The van der Waals surface area contributed by atoms with Crippen molar-refractivity contribution in [3.05, 3.63) is 34.7 Å². The van der Waals surface area contributed by atoms with E-state index in [0.29, 0.717) is 12.1 Å². The molecule has 0 aromatic heterocycles. The second kappa shape index (κ2) is 6.58. The number of para-hydroxylation sites is 1. The summed E-state index contributed by atoms with van der Waals surface area (Å²) in [6.45, 7) is 2.78. The molecule has 0 unspecified atom stereocenters. The largest absolute Gasteiger partial charge is 0.308 e. The fourth-order valence-corrected chi connectivity index (χ4v) is 3.67. The fraction of sp³-hybridized carbons (Fsp3) is 0.353. The first-order valence-corrected chi connectivity index (χ1v) is 8.64. The van der Waals surface area contributed by atoms with E-state index in [9.17, 15) is 14.4 Å². The van der Waals surface area contributed by atoms with Crippen LogP contribution in [0.25, 0.3) is 5.57 Å². The summed E-state index contributed by atoms with van der Waals surface area (Å²) >= 11 is 0.805. The number of rotatable bonds is 5. The summed E-state index contributed by atoms with van der Waals surface area (Å²) in [5.41, 5.74) is 1.91. The fourth-order valence-electron chi connectivity index (χ4n) is 2.90. The van der Waals surface area contributed by atoms with E-state index in [-0.39, 0.29) is 10.8 Å². The number of hydrogen-bond donors (Lipinski definition) is 1. The molecule has 0 saturated carbocycles. The van der Waals surface area contributed by atoms with Crippen LogP contribution >= 0.6 is 11.8 Å². The first kappa shape index (κ1) is 15.8. The zero-order valence-electron chi connectivity index (χ0n) is 12.9. The minimum absolute atomic E-state index is 0.185. The summed E-state index contributed by atoms with van der Waals surface area (Å²) in [5.74, 6) is -0.666. The number of carbonyl (C=O) groups excluding carboxylic acids is 3. The third kappa shape index (κ3) is 2.91. The molecule has 3 rings (SSSR count). The van der Waals surface area contributed by atoms with Crippen molar-refractivity contribution in [3.63, 3.8) is 0 Å². The van der Waals surface area contributed by atoms with Gasteiger partial charge >= 0.3 is 0 Å². The highest BCUT2D eigenvalue weighted by Gasteiger charge is 2.39. The maximum absolute atomic E-state index is 12.8. The molecule has 0 spiro atoms. The summed E-state index contributed by atoms with van der Waals surface area (Å²) in [4.78, 5) is 38.2. The lowest BCUT2D eigenvalue weighted by Crippen LogP contribution is -2.28. The molecule has 1 aromatic carbocycles. The molecule has 3 amide bonds. The number of nitrogens with zero attached hydrogens (tertiary/aromatic N) is 1. The van der Waals surface area contributed by atoms with Crippen LogP contribution in [0.4, 0.5) is 10.5 Å². The van der Waals surface area contributed by atoms with Gasteiger partial charge in [0.25, 0.3) is 17.1 Å². The Kier molecular flexibility index (Phi) is 4.52. The van der Waals surface area contributed by atoms with Crippen LogP contribution in [0, 0.1) is 0 Å². The molecule has 1 N–H and O–H groups in total. The predicted molar refractivity (Wildman–Crippen MR) is 91.0 cm³/mol. The van der Waals surface area contributed by atoms with Crippen molar-refractivity contribution in [2.45, 2.75) is 32.6 Å². The third-order valence-electron chi connectivity index (χ3n) is 4.00. The summed E-state index contributed by atoms with van der Waals surface area (Å²) in [6, 6.07) is 7.44. The number of anilines is 1. The Morgan fingerprint density at radius 3 is 2.57 bits per heavy atom. The topological polar surface area (TPSA) is 66.5 Å². The SMILES string of the molecule is CCCCCCN1C(=O)/C(=C2\SC(=O)NC2=O)c2ccccc21. The predicted octanol–water partition coefficient (Wildman–Crippen LogP) is 3.31. The molecule has 2 aliphatic rings. The van der Waals surface area contributed by atoms with E-state index in [0.717, 1.165) is 48.7 Å². The van der Waals surface area contributed by atoms with E-state index >= 15 is 0 Å². The van der Waals surface area contributed by atoms with Gasteiger partial charge in [-0.05, 0) is 24.2 Å². The van der Waals surface area contributed by atoms with E-state index in [2.05, 4.69) is 12.2 Å². The average molecular weight is 330 g/mol. The van der Waals surface area contributed by atoms with Crippen molar-refractivity contribution in [3.8, 4) is 0 Å². The second-order valence-electron chi connectivity index (χ2n) is 5.58. The van der Waals surface area contributed by atoms with E-state index in [1.807, 2.05) is 24.3 Å². The van der Waals surface area contributed by atoms with E-state index in [1.165, 1.54) is 0 Å². The van der Waals surface area contributed by atoms with Gasteiger partial charge in [0.15, 0.2) is 0 Å². The summed E-state index contributed by atoms with van der Waals surface area (Å²) in [6.07, 6.45) is 4.28. The van der Waals surface area contributed by atoms with E-state index in [1.54, 1.807) is 4.90 Å². The molecule has 6 heteroatoms. The molecule has 2 heterocycles. The molecule has 0 radical (unpaired) electrons. The normalized spacial score (nSPS) is 20.2. The Labute approximate surface area is 139 Å². The molecule has 120 valence electrons. The van der Waals surface area contributed by atoms with Gasteiger partial charge in [0.05, 0.1) is 16.2 Å². The molecule has 1 aromatic rings. The van der Waals surface area contributed by atoms with Crippen molar-refractivity contribution in [1.29, 1.82) is 0 Å². The van der Waals surface area contributed by atoms with Crippen LogP contribution in [0.3, 0.4) is 0 Å². The number of carbonyl (C=O) groups is 3. The van der Waals surface area contributed by atoms with Crippen molar-refractivity contribution in [2.24, 2.45) is 0 Å². The van der Waals surface area contributed by atoms with E-state index in [4.69, 9.17) is 0 Å². The molecule has 0 bridgehead atoms. The van der Waals surface area contributed by atoms with Crippen molar-refractivity contribution >= 4 is 40.1 Å². The number of amides is 3. The molecular formula is C17H18N2O3S. The van der Waals surface area contributed by atoms with Gasteiger partial charge in [-0.25, -0.2) is 0 Å². The standard InChI is InChI=1S/C17H18N2O3S/c1-2-3-4-7-10-19-12-9-6-5-8-11(12)13(16(19)21)14-15(20)18-17(22)23-14/h5-6,8-9H,2-4,7,10H2,1H3,(H,18,20,22)/b14-13-. The van der Waals surface area contributed by atoms with E-state index < -0.39 is 11.1 Å². The van der Waals surface area contributed by atoms with Crippen LogP contribution in [0.15, 0.2) is 29.2 Å². The van der Waals surface area contributed by atoms with Crippen molar-refractivity contribution in [1.82, 2.24) is 5.32 Å². The quantitative estimate of drug-likeness (QED) is 0.664. The molecule has 1 saturated heterocycles. The minimum Gasteiger partial charge on any atom is -0.308 e. The van der Waals surface area contributed by atoms with Gasteiger partial charge in [-0.15, -0.1) is 0 Å². The van der Waals surface area contributed by atoms with Crippen LogP contribution in [0.5, 0.6) is 0 Å². The lowest BCUT2D eigenvalue weighted by atomic mass is 10.1. The van der Waals surface area contributed by atoms with Gasteiger partial charge in [-0.2, -0.15) is 0 Å². The number of imide groups is 1. The van der Waals surface area contributed by atoms with Gasteiger partial charge in [0, 0.05) is 12.1 Å². The van der Waals surface area contributed by atoms with Crippen LogP contribution in [-0.4, -0.2) is 23.6 Å². The zero-order valence-corrected chi connectivity index (χ0v) is 13.7. The van der Waals surface area contributed by atoms with Crippen molar-refractivity contribution < 1.29 is 14.4 Å². The van der Waals surface area contributed by atoms with Gasteiger partial charge in [-0.3, -0.25) is 19.7 Å². The zero-order chi connectivity index (χ0) is 16.4. The maximum Gasteiger partial charge on any atom is 0.290 e. The second-order valence-corrected chi connectivity index (χ2v) is 6.57. The molecule has 0 aliphatic carbocycles. The summed E-state index contributed by atoms with van der Waals surface area (Å²) in [7, 11) is 0. The Morgan fingerprint density at radius 2 is 1.87 bits per heavy atom. The number of fused-ring (bicyclic) bond motifs is 1. The lowest BCUT2D eigenvalue weighted by Gasteiger charge is -2.16. The van der Waals surface area contributed by atoms with Crippen LogP contribution < -0.4 is 10.2 Å². The van der Waals surface area contributed by atoms with Crippen molar-refractivity contribution in [2.75, 3.05) is 11.4 Å². The Morgan fingerprint density at radius 1 is 1.09 bits per heavy atom. The van der Waals surface area contributed by atoms with Gasteiger partial charge in [-0.1, -0.05) is 44.4 Å².